The van der Waals surface area contributed by atoms with Gasteiger partial charge in [0.1, 0.15) is 18.3 Å². The lowest BCUT2D eigenvalue weighted by atomic mass is 10.2. The van der Waals surface area contributed by atoms with E-state index in [0.29, 0.717) is 22.8 Å². The topological polar surface area (TPSA) is 106 Å². The van der Waals surface area contributed by atoms with Crippen LogP contribution in [0.2, 0.25) is 0 Å². The Balaban J connectivity index is 2.03. The minimum absolute atomic E-state index is 0.235. The van der Waals surface area contributed by atoms with E-state index < -0.39 is 10.0 Å². The van der Waals surface area contributed by atoms with E-state index in [2.05, 4.69) is 25.1 Å². The first kappa shape index (κ1) is 15.2. The number of sulfonamides is 1. The van der Waals surface area contributed by atoms with Gasteiger partial charge in [-0.15, -0.1) is 10.2 Å². The second-order valence-corrected chi connectivity index (χ2v) is 6.94. The summed E-state index contributed by atoms with van der Waals surface area (Å²) >= 11 is 0. The number of aryl methyl sites for hydroxylation is 3. The quantitative estimate of drug-likeness (QED) is 0.756. The van der Waals surface area contributed by atoms with Crippen LogP contribution in [0.1, 0.15) is 16.8 Å². The average Bonchev–Trinajstić information content (AvgIpc) is 3.09. The number of rotatable bonds is 4. The molecular weight excluding hydrogens is 316 g/mol. The largest absolute Gasteiger partial charge is 0.279 e. The highest BCUT2D eigenvalue weighted by Crippen LogP contribution is 2.26. The van der Waals surface area contributed by atoms with Gasteiger partial charge in [-0.25, -0.2) is 8.42 Å². The van der Waals surface area contributed by atoms with Gasteiger partial charge in [0.25, 0.3) is 10.0 Å². The predicted molar refractivity (Wildman–Crippen MR) is 85.0 cm³/mol. The minimum Gasteiger partial charge on any atom is -0.279 e. The SMILES string of the molecule is Cc1ccc(S(=O)(=O)Nc2c(-n3cnnc3)n[nH]c2C)c(C)c1. The molecule has 3 aromatic rings. The van der Waals surface area contributed by atoms with Crippen LogP contribution >= 0.6 is 0 Å². The van der Waals surface area contributed by atoms with E-state index in [0.717, 1.165) is 5.56 Å². The van der Waals surface area contributed by atoms with Gasteiger partial charge in [0.05, 0.1) is 10.6 Å². The van der Waals surface area contributed by atoms with Crippen molar-refractivity contribution in [1.29, 1.82) is 0 Å². The number of aromatic amines is 1. The van der Waals surface area contributed by atoms with Crippen LogP contribution in [0.25, 0.3) is 5.82 Å². The number of aromatic nitrogens is 5. The van der Waals surface area contributed by atoms with E-state index in [1.807, 2.05) is 13.0 Å². The van der Waals surface area contributed by atoms with Gasteiger partial charge in [0.2, 0.25) is 0 Å². The maximum absolute atomic E-state index is 12.7. The first-order chi connectivity index (χ1) is 10.9. The number of nitrogens with one attached hydrogen (secondary N) is 2. The first-order valence-electron chi connectivity index (χ1n) is 6.88. The number of hydrogen-bond donors (Lipinski definition) is 2. The maximum Gasteiger partial charge on any atom is 0.262 e. The van der Waals surface area contributed by atoms with Crippen LogP contribution in [0.5, 0.6) is 0 Å². The fourth-order valence-electron chi connectivity index (χ4n) is 2.33. The van der Waals surface area contributed by atoms with Crippen LogP contribution in [-0.2, 0) is 10.0 Å². The lowest BCUT2D eigenvalue weighted by Gasteiger charge is -2.11. The van der Waals surface area contributed by atoms with E-state index in [1.54, 1.807) is 26.0 Å². The van der Waals surface area contributed by atoms with Gasteiger partial charge in [-0.3, -0.25) is 14.4 Å². The summed E-state index contributed by atoms with van der Waals surface area (Å²) in [7, 11) is -3.73. The van der Waals surface area contributed by atoms with Crippen LogP contribution in [0.3, 0.4) is 0 Å². The normalized spacial score (nSPS) is 11.6. The molecule has 0 saturated carbocycles. The molecule has 1 aromatic carbocycles. The maximum atomic E-state index is 12.7. The fraction of sp³-hybridized carbons (Fsp3) is 0.214. The lowest BCUT2D eigenvalue weighted by molar-refractivity contribution is 0.600. The zero-order valence-electron chi connectivity index (χ0n) is 12.9. The standard InChI is InChI=1S/C14H16N6O2S/c1-9-4-5-12(10(2)6-9)23(21,22)19-13-11(3)17-18-14(13)20-7-15-16-8-20/h4-8,19H,1-3H3,(H,17,18). The lowest BCUT2D eigenvalue weighted by Crippen LogP contribution is -2.16. The molecule has 23 heavy (non-hydrogen) atoms. The van der Waals surface area contributed by atoms with E-state index >= 15 is 0 Å². The van der Waals surface area contributed by atoms with Crippen LogP contribution < -0.4 is 4.72 Å². The summed E-state index contributed by atoms with van der Waals surface area (Å²) in [5.74, 6) is 0.390. The molecule has 120 valence electrons. The molecule has 0 aliphatic heterocycles. The Bertz CT molecular complexity index is 944. The van der Waals surface area contributed by atoms with Gasteiger partial charge in [0, 0.05) is 0 Å². The fourth-order valence-corrected chi connectivity index (χ4v) is 3.68. The Morgan fingerprint density at radius 2 is 1.83 bits per heavy atom. The van der Waals surface area contributed by atoms with Gasteiger partial charge < -0.3 is 0 Å². The van der Waals surface area contributed by atoms with Gasteiger partial charge in [0.15, 0.2) is 5.82 Å². The molecule has 8 nitrogen and oxygen atoms in total. The highest BCUT2D eigenvalue weighted by molar-refractivity contribution is 7.92. The Labute approximate surface area is 133 Å². The highest BCUT2D eigenvalue weighted by atomic mass is 32.2. The van der Waals surface area contributed by atoms with Crippen molar-refractivity contribution in [3.05, 3.63) is 47.7 Å². The van der Waals surface area contributed by atoms with Gasteiger partial charge in [-0.05, 0) is 32.4 Å². The summed E-state index contributed by atoms with van der Waals surface area (Å²) in [5.41, 5.74) is 2.66. The summed E-state index contributed by atoms with van der Waals surface area (Å²) in [5, 5.41) is 14.3. The van der Waals surface area contributed by atoms with Crippen LogP contribution in [0.15, 0.2) is 35.7 Å². The summed E-state index contributed by atoms with van der Waals surface area (Å²) < 4.78 is 29.6. The molecular formula is C14H16N6O2S. The van der Waals surface area contributed by atoms with Gasteiger partial charge in [-0.1, -0.05) is 17.7 Å². The van der Waals surface area contributed by atoms with Crippen molar-refractivity contribution in [2.45, 2.75) is 25.7 Å². The monoisotopic (exact) mass is 332 g/mol. The number of anilines is 1. The van der Waals surface area contributed by atoms with Gasteiger partial charge in [-0.2, -0.15) is 5.10 Å². The molecule has 0 spiro atoms. The Morgan fingerprint density at radius 3 is 2.48 bits per heavy atom. The summed E-state index contributed by atoms with van der Waals surface area (Å²) in [6.45, 7) is 5.42. The van der Waals surface area contributed by atoms with Crippen molar-refractivity contribution in [3.8, 4) is 5.82 Å². The molecule has 2 N–H and O–H groups in total. The molecule has 0 bridgehead atoms. The van der Waals surface area contributed by atoms with E-state index in [-0.39, 0.29) is 4.90 Å². The zero-order chi connectivity index (χ0) is 16.6. The van der Waals surface area contributed by atoms with E-state index in [9.17, 15) is 8.42 Å². The molecule has 0 saturated heterocycles. The Morgan fingerprint density at radius 1 is 1.13 bits per heavy atom. The number of H-pyrrole nitrogens is 1. The third-order valence-corrected chi connectivity index (χ3v) is 4.96. The molecule has 0 fully saturated rings. The van der Waals surface area contributed by atoms with Crippen LogP contribution in [-0.4, -0.2) is 33.4 Å². The Kier molecular flexibility index (Phi) is 3.64. The first-order valence-corrected chi connectivity index (χ1v) is 8.37. The third-order valence-electron chi connectivity index (χ3n) is 3.45. The molecule has 0 amide bonds. The van der Waals surface area contributed by atoms with Gasteiger partial charge >= 0.3 is 0 Å². The molecule has 9 heteroatoms. The smallest absolute Gasteiger partial charge is 0.262 e. The molecule has 3 rings (SSSR count). The number of benzene rings is 1. The molecule has 2 aromatic heterocycles. The van der Waals surface area contributed by atoms with Crippen molar-refractivity contribution >= 4 is 15.7 Å². The molecule has 0 atom stereocenters. The van der Waals surface area contributed by atoms with E-state index in [1.165, 1.54) is 17.2 Å². The highest BCUT2D eigenvalue weighted by Gasteiger charge is 2.22. The third kappa shape index (κ3) is 2.82. The summed E-state index contributed by atoms with van der Waals surface area (Å²) in [6, 6.07) is 5.20. The number of nitrogens with zero attached hydrogens (tertiary/aromatic N) is 4. The van der Waals surface area contributed by atoms with Crippen LogP contribution in [0, 0.1) is 20.8 Å². The summed E-state index contributed by atoms with van der Waals surface area (Å²) in [6.07, 6.45) is 2.90. The number of hydrogen-bond acceptors (Lipinski definition) is 5. The van der Waals surface area contributed by atoms with Crippen LogP contribution in [0.4, 0.5) is 5.69 Å². The average molecular weight is 332 g/mol. The van der Waals surface area contributed by atoms with Crippen molar-refractivity contribution in [3.63, 3.8) is 0 Å². The van der Waals surface area contributed by atoms with E-state index in [4.69, 9.17) is 0 Å². The second kappa shape index (κ2) is 5.51. The van der Waals surface area contributed by atoms with Crippen molar-refractivity contribution < 1.29 is 8.42 Å². The molecule has 0 aliphatic rings. The molecule has 0 unspecified atom stereocenters. The molecule has 0 radical (unpaired) electrons. The van der Waals surface area contributed by atoms with Crippen molar-refractivity contribution in [2.24, 2.45) is 0 Å². The molecule has 0 aliphatic carbocycles. The van der Waals surface area contributed by atoms with Crippen molar-refractivity contribution in [2.75, 3.05) is 4.72 Å². The minimum atomic E-state index is -3.73. The van der Waals surface area contributed by atoms with Crippen molar-refractivity contribution in [1.82, 2.24) is 25.0 Å². The Hall–Kier alpha value is -2.68. The summed E-state index contributed by atoms with van der Waals surface area (Å²) in [4.78, 5) is 0.235. The second-order valence-electron chi connectivity index (χ2n) is 5.29. The predicted octanol–water partition coefficient (Wildman–Crippen LogP) is 1.72. The zero-order valence-corrected chi connectivity index (χ0v) is 13.7. The molecule has 2 heterocycles.